The van der Waals surface area contributed by atoms with Crippen LogP contribution in [0.3, 0.4) is 0 Å². The Balaban J connectivity index is 1.68. The van der Waals surface area contributed by atoms with Crippen LogP contribution in [0.25, 0.3) is 0 Å². The molecule has 0 aliphatic carbocycles. The summed E-state index contributed by atoms with van der Waals surface area (Å²) in [6.07, 6.45) is 2.13. The molecule has 2 amide bonds. The molecule has 0 radical (unpaired) electrons. The third-order valence-electron chi connectivity index (χ3n) is 3.14. The zero-order valence-corrected chi connectivity index (χ0v) is 14.6. The summed E-state index contributed by atoms with van der Waals surface area (Å²) in [5, 5.41) is 9.11. The van der Waals surface area contributed by atoms with Crippen LogP contribution in [-0.2, 0) is 16.0 Å². The highest BCUT2D eigenvalue weighted by molar-refractivity contribution is 8.00. The highest BCUT2D eigenvalue weighted by atomic mass is 32.2. The molecule has 24 heavy (non-hydrogen) atoms. The van der Waals surface area contributed by atoms with E-state index in [2.05, 4.69) is 22.7 Å². The largest absolute Gasteiger partial charge is 0.360 e. The summed E-state index contributed by atoms with van der Waals surface area (Å²) in [5.74, 6) is 1.05. The van der Waals surface area contributed by atoms with Gasteiger partial charge in [-0.05, 0) is 31.0 Å². The summed E-state index contributed by atoms with van der Waals surface area (Å²) >= 11 is 1.24. The summed E-state index contributed by atoms with van der Waals surface area (Å²) in [7, 11) is 0. The second kappa shape index (κ2) is 9.12. The van der Waals surface area contributed by atoms with Gasteiger partial charge in [-0.25, -0.2) is 0 Å². The van der Waals surface area contributed by atoms with E-state index in [1.54, 1.807) is 13.0 Å². The third kappa shape index (κ3) is 6.08. The van der Waals surface area contributed by atoms with Crippen LogP contribution < -0.4 is 10.6 Å². The average Bonchev–Trinajstić information content (AvgIpc) is 2.94. The van der Waals surface area contributed by atoms with Crippen LogP contribution in [0.2, 0.25) is 0 Å². The fourth-order valence-electron chi connectivity index (χ4n) is 2.08. The first-order valence-corrected chi connectivity index (χ1v) is 8.92. The molecule has 6 nitrogen and oxygen atoms in total. The highest BCUT2D eigenvalue weighted by Gasteiger charge is 2.08. The molecule has 2 N–H and O–H groups in total. The molecule has 0 aliphatic rings. The van der Waals surface area contributed by atoms with Crippen LogP contribution in [0.1, 0.15) is 24.7 Å². The molecule has 128 valence electrons. The summed E-state index contributed by atoms with van der Waals surface area (Å²) in [4.78, 5) is 23.6. The topological polar surface area (TPSA) is 84.2 Å². The SMILES string of the molecule is CCCc1ccc(NC(=O)CSCC(=O)Nc2cc(C)on2)cc1. The van der Waals surface area contributed by atoms with Crippen molar-refractivity contribution in [2.45, 2.75) is 26.7 Å². The van der Waals surface area contributed by atoms with Gasteiger partial charge >= 0.3 is 0 Å². The van der Waals surface area contributed by atoms with Gasteiger partial charge in [-0.2, -0.15) is 0 Å². The number of nitrogens with zero attached hydrogens (tertiary/aromatic N) is 1. The van der Waals surface area contributed by atoms with E-state index >= 15 is 0 Å². The molecule has 0 fully saturated rings. The minimum Gasteiger partial charge on any atom is -0.360 e. The quantitative estimate of drug-likeness (QED) is 0.766. The van der Waals surface area contributed by atoms with Crippen LogP contribution in [0.4, 0.5) is 11.5 Å². The van der Waals surface area contributed by atoms with E-state index in [-0.39, 0.29) is 23.3 Å². The lowest BCUT2D eigenvalue weighted by molar-refractivity contribution is -0.114. The van der Waals surface area contributed by atoms with E-state index in [0.29, 0.717) is 11.6 Å². The molecule has 0 saturated carbocycles. The molecule has 1 heterocycles. The molecule has 0 unspecified atom stereocenters. The zero-order chi connectivity index (χ0) is 17.4. The zero-order valence-electron chi connectivity index (χ0n) is 13.8. The smallest absolute Gasteiger partial charge is 0.235 e. The van der Waals surface area contributed by atoms with Crippen molar-refractivity contribution in [3.8, 4) is 0 Å². The molecule has 0 spiro atoms. The van der Waals surface area contributed by atoms with Gasteiger partial charge in [0.25, 0.3) is 0 Å². The van der Waals surface area contributed by atoms with Crippen molar-refractivity contribution in [2.75, 3.05) is 22.1 Å². The fourth-order valence-corrected chi connectivity index (χ4v) is 2.70. The van der Waals surface area contributed by atoms with Gasteiger partial charge in [0.05, 0.1) is 11.5 Å². The maximum absolute atomic E-state index is 11.9. The number of carbonyl (C=O) groups excluding carboxylic acids is 2. The number of hydrogen-bond acceptors (Lipinski definition) is 5. The van der Waals surface area contributed by atoms with Gasteiger partial charge in [-0.3, -0.25) is 9.59 Å². The summed E-state index contributed by atoms with van der Waals surface area (Å²) in [6.45, 7) is 3.88. The van der Waals surface area contributed by atoms with Gasteiger partial charge in [-0.1, -0.05) is 30.6 Å². The number of amides is 2. The average molecular weight is 347 g/mol. The molecule has 1 aromatic carbocycles. The minimum absolute atomic E-state index is 0.131. The van der Waals surface area contributed by atoms with Crippen molar-refractivity contribution in [1.29, 1.82) is 0 Å². The number of rotatable bonds is 8. The second-order valence-corrected chi connectivity index (χ2v) is 6.34. The van der Waals surface area contributed by atoms with Crippen molar-refractivity contribution in [2.24, 2.45) is 0 Å². The van der Waals surface area contributed by atoms with E-state index in [4.69, 9.17) is 4.52 Å². The minimum atomic E-state index is -0.218. The molecule has 2 rings (SSSR count). The first kappa shape index (κ1) is 18.1. The van der Waals surface area contributed by atoms with Gasteiger partial charge < -0.3 is 15.2 Å². The Morgan fingerprint density at radius 1 is 1.12 bits per heavy atom. The lowest BCUT2D eigenvalue weighted by Crippen LogP contribution is -2.18. The van der Waals surface area contributed by atoms with Gasteiger partial charge in [-0.15, -0.1) is 11.8 Å². The van der Waals surface area contributed by atoms with Crippen molar-refractivity contribution in [3.63, 3.8) is 0 Å². The Bertz CT molecular complexity index is 683. The van der Waals surface area contributed by atoms with E-state index in [1.807, 2.05) is 24.3 Å². The lowest BCUT2D eigenvalue weighted by atomic mass is 10.1. The number of benzene rings is 1. The molecule has 2 aromatic rings. The predicted molar refractivity (Wildman–Crippen MR) is 96.3 cm³/mol. The van der Waals surface area contributed by atoms with Gasteiger partial charge in [0, 0.05) is 11.8 Å². The summed E-state index contributed by atoms with van der Waals surface area (Å²) in [6, 6.07) is 9.46. The molecule has 0 saturated heterocycles. The Hall–Kier alpha value is -2.28. The highest BCUT2D eigenvalue weighted by Crippen LogP contribution is 2.12. The van der Waals surface area contributed by atoms with Crippen LogP contribution in [-0.4, -0.2) is 28.5 Å². The van der Waals surface area contributed by atoms with E-state index < -0.39 is 0 Å². The molecule has 0 aliphatic heterocycles. The first-order valence-electron chi connectivity index (χ1n) is 7.76. The maximum Gasteiger partial charge on any atom is 0.235 e. The first-order chi connectivity index (χ1) is 11.6. The monoisotopic (exact) mass is 347 g/mol. The van der Waals surface area contributed by atoms with Crippen molar-refractivity contribution in [3.05, 3.63) is 41.7 Å². The normalized spacial score (nSPS) is 10.4. The Kier molecular flexibility index (Phi) is 6.87. The molecule has 7 heteroatoms. The van der Waals surface area contributed by atoms with E-state index in [9.17, 15) is 9.59 Å². The van der Waals surface area contributed by atoms with Crippen molar-refractivity contribution < 1.29 is 14.1 Å². The summed E-state index contributed by atoms with van der Waals surface area (Å²) < 4.78 is 4.86. The number of anilines is 2. The van der Waals surface area contributed by atoms with Gasteiger partial charge in [0.2, 0.25) is 11.8 Å². The number of thioether (sulfide) groups is 1. The van der Waals surface area contributed by atoms with Crippen molar-refractivity contribution >= 4 is 35.1 Å². The number of carbonyl (C=O) groups is 2. The number of hydrogen-bond donors (Lipinski definition) is 2. The van der Waals surface area contributed by atoms with Crippen LogP contribution in [0, 0.1) is 6.92 Å². The molecular weight excluding hydrogens is 326 g/mol. The fraction of sp³-hybridized carbons (Fsp3) is 0.353. The van der Waals surface area contributed by atoms with E-state index in [0.717, 1.165) is 18.5 Å². The van der Waals surface area contributed by atoms with Crippen molar-refractivity contribution in [1.82, 2.24) is 5.16 Å². The van der Waals surface area contributed by atoms with E-state index in [1.165, 1.54) is 17.3 Å². The lowest BCUT2D eigenvalue weighted by Gasteiger charge is -2.06. The van der Waals surface area contributed by atoms with Gasteiger partial charge in [0.1, 0.15) is 5.76 Å². The Labute approximate surface area is 145 Å². The third-order valence-corrected chi connectivity index (χ3v) is 4.07. The van der Waals surface area contributed by atoms with Crippen LogP contribution in [0.5, 0.6) is 0 Å². The Morgan fingerprint density at radius 2 is 1.79 bits per heavy atom. The maximum atomic E-state index is 11.9. The standard InChI is InChI=1S/C17H21N3O3S/c1-3-4-13-5-7-14(8-6-13)18-16(21)10-24-11-17(22)19-15-9-12(2)23-20-15/h5-9H,3-4,10-11H2,1-2H3,(H,18,21)(H,19,20,22). The molecule has 0 bridgehead atoms. The number of nitrogens with one attached hydrogen (secondary N) is 2. The number of aromatic nitrogens is 1. The van der Waals surface area contributed by atoms with Crippen LogP contribution >= 0.6 is 11.8 Å². The molecular formula is C17H21N3O3S. The molecule has 0 atom stereocenters. The number of aryl methyl sites for hydroxylation is 2. The molecule has 1 aromatic heterocycles. The Morgan fingerprint density at radius 3 is 2.38 bits per heavy atom. The summed E-state index contributed by atoms with van der Waals surface area (Å²) in [5.41, 5.74) is 2.02. The van der Waals surface area contributed by atoms with Gasteiger partial charge in [0.15, 0.2) is 5.82 Å². The predicted octanol–water partition coefficient (Wildman–Crippen LogP) is 3.25. The van der Waals surface area contributed by atoms with Crippen LogP contribution in [0.15, 0.2) is 34.9 Å². The second-order valence-electron chi connectivity index (χ2n) is 5.36.